The molecule has 7 heteroatoms. The van der Waals surface area contributed by atoms with E-state index in [4.69, 9.17) is 4.74 Å². The van der Waals surface area contributed by atoms with Crippen molar-refractivity contribution in [3.05, 3.63) is 54.1 Å². The number of anilines is 1. The van der Waals surface area contributed by atoms with E-state index in [2.05, 4.69) is 17.3 Å². The van der Waals surface area contributed by atoms with Gasteiger partial charge in [0.1, 0.15) is 11.5 Å². The first-order chi connectivity index (χ1) is 16.9. The predicted octanol–water partition coefficient (Wildman–Crippen LogP) is 4.82. The van der Waals surface area contributed by atoms with Crippen LogP contribution in [0.3, 0.4) is 0 Å². The zero-order valence-electron chi connectivity index (χ0n) is 21.1. The minimum Gasteiger partial charge on any atom is -0.494 e. The second kappa shape index (κ2) is 11.6. The number of likely N-dealkylation sites (N-methyl/N-ethyl adjacent to an activating group) is 1. The largest absolute Gasteiger partial charge is 0.494 e. The quantitative estimate of drug-likeness (QED) is 0.477. The molecule has 1 N–H and O–H groups in total. The molecule has 0 saturated heterocycles. The number of nitrogens with one attached hydrogen (secondary N) is 1. The van der Waals surface area contributed by atoms with Gasteiger partial charge in [0.2, 0.25) is 0 Å². The van der Waals surface area contributed by atoms with Gasteiger partial charge in [-0.15, -0.1) is 0 Å². The van der Waals surface area contributed by atoms with E-state index in [1.807, 2.05) is 48.5 Å². The van der Waals surface area contributed by atoms with E-state index in [-0.39, 0.29) is 18.2 Å². The second-order valence-electron chi connectivity index (χ2n) is 9.67. The molecule has 2 aromatic carbocycles. The summed E-state index contributed by atoms with van der Waals surface area (Å²) in [7, 11) is 4.01. The molecule has 1 heterocycles. The Labute approximate surface area is 213 Å². The lowest BCUT2D eigenvalue weighted by Crippen LogP contribution is -2.55. The number of carbonyl (C=O) groups is 2. The minimum atomic E-state index is -1.07. The van der Waals surface area contributed by atoms with Crippen molar-refractivity contribution in [2.75, 3.05) is 38.7 Å². The van der Waals surface area contributed by atoms with Crippen LogP contribution in [0.4, 0.5) is 5.69 Å². The van der Waals surface area contributed by atoms with Crippen LogP contribution in [0.2, 0.25) is 0 Å². The van der Waals surface area contributed by atoms with E-state index in [0.717, 1.165) is 40.9 Å². The van der Waals surface area contributed by atoms with Crippen LogP contribution in [0, 0.1) is 0 Å². The first kappa shape index (κ1) is 25.7. The summed E-state index contributed by atoms with van der Waals surface area (Å²) < 4.78 is 6.02. The predicted molar refractivity (Wildman–Crippen MR) is 142 cm³/mol. The summed E-state index contributed by atoms with van der Waals surface area (Å²) in [5.74, 6) is 0.678. The lowest BCUT2D eigenvalue weighted by molar-refractivity contribution is -0.122. The third-order valence-corrected chi connectivity index (χ3v) is 8.49. The third-order valence-electron chi connectivity index (χ3n) is 7.06. The SMILES string of the molecule is CC(=O)CNC1(c2ccc(OCCCN(C)C3CCCCC3)cc2)Sc2ccccc2N(C)C1=O. The fourth-order valence-electron chi connectivity index (χ4n) is 5.01. The van der Waals surface area contributed by atoms with Crippen LogP contribution in [0.15, 0.2) is 53.4 Å². The van der Waals surface area contributed by atoms with Gasteiger partial charge in [-0.1, -0.05) is 55.3 Å². The molecule has 0 spiro atoms. The zero-order chi connectivity index (χ0) is 24.8. The van der Waals surface area contributed by atoms with Gasteiger partial charge >= 0.3 is 0 Å². The third kappa shape index (κ3) is 5.90. The Morgan fingerprint density at radius 2 is 1.86 bits per heavy atom. The summed E-state index contributed by atoms with van der Waals surface area (Å²) in [6.45, 7) is 3.34. The van der Waals surface area contributed by atoms with Crippen molar-refractivity contribution in [3.8, 4) is 5.75 Å². The molecular formula is C28H37N3O3S. The fourth-order valence-corrected chi connectivity index (χ4v) is 6.42. The van der Waals surface area contributed by atoms with Crippen LogP contribution in [-0.2, 0) is 14.5 Å². The summed E-state index contributed by atoms with van der Waals surface area (Å²) >= 11 is 1.45. The summed E-state index contributed by atoms with van der Waals surface area (Å²) in [5.41, 5.74) is 1.68. The zero-order valence-corrected chi connectivity index (χ0v) is 21.9. The number of fused-ring (bicyclic) bond motifs is 1. The number of ether oxygens (including phenoxy) is 1. The molecule has 1 unspecified atom stereocenters. The minimum absolute atomic E-state index is 0.0163. The standard InChI is InChI=1S/C28H37N3O3S/c1-21(32)20-29-28(27(33)31(3)25-12-7-8-13-26(25)35-28)22-14-16-24(17-15-22)34-19-9-18-30(2)23-10-5-4-6-11-23/h7-8,12-17,23,29H,4-6,9-11,18-20H2,1-3H3. The van der Waals surface area contributed by atoms with E-state index in [1.54, 1.807) is 11.9 Å². The lowest BCUT2D eigenvalue weighted by atomic mass is 9.94. The topological polar surface area (TPSA) is 61.9 Å². The molecule has 1 saturated carbocycles. The van der Waals surface area contributed by atoms with E-state index in [0.29, 0.717) is 6.61 Å². The van der Waals surface area contributed by atoms with Crippen LogP contribution in [0.1, 0.15) is 51.0 Å². The monoisotopic (exact) mass is 495 g/mol. The normalized spacial score (nSPS) is 20.7. The number of para-hydroxylation sites is 1. The van der Waals surface area contributed by atoms with Gasteiger partial charge in [-0.25, -0.2) is 0 Å². The summed E-state index contributed by atoms with van der Waals surface area (Å²) in [6, 6.07) is 16.3. The smallest absolute Gasteiger partial charge is 0.262 e. The molecule has 1 aliphatic heterocycles. The Balaban J connectivity index is 1.43. The highest BCUT2D eigenvalue weighted by Crippen LogP contribution is 2.49. The molecule has 0 bridgehead atoms. The molecule has 2 aliphatic rings. The van der Waals surface area contributed by atoms with E-state index >= 15 is 0 Å². The van der Waals surface area contributed by atoms with Crippen LogP contribution in [0.25, 0.3) is 0 Å². The number of benzene rings is 2. The van der Waals surface area contributed by atoms with E-state index < -0.39 is 4.87 Å². The molecule has 0 aromatic heterocycles. The number of Topliss-reactive ketones (excluding diaryl/α,β-unsaturated/α-hetero) is 1. The molecule has 35 heavy (non-hydrogen) atoms. The van der Waals surface area contributed by atoms with Crippen LogP contribution >= 0.6 is 11.8 Å². The second-order valence-corrected chi connectivity index (χ2v) is 10.9. The first-order valence-electron chi connectivity index (χ1n) is 12.6. The number of nitrogens with zero attached hydrogens (tertiary/aromatic N) is 2. The van der Waals surface area contributed by atoms with Crippen LogP contribution in [-0.4, -0.2) is 56.4 Å². The molecule has 1 aliphatic carbocycles. The first-order valence-corrected chi connectivity index (χ1v) is 13.5. The summed E-state index contributed by atoms with van der Waals surface area (Å²) in [6.07, 6.45) is 7.69. The molecule has 0 radical (unpaired) electrons. The molecule has 4 rings (SSSR count). The molecule has 1 amide bonds. The van der Waals surface area contributed by atoms with E-state index in [9.17, 15) is 9.59 Å². The van der Waals surface area contributed by atoms with Gasteiger partial charge in [0.05, 0.1) is 18.8 Å². The number of hydrogen-bond acceptors (Lipinski definition) is 6. The molecule has 1 atom stereocenters. The van der Waals surface area contributed by atoms with Crippen molar-refractivity contribution in [2.45, 2.75) is 61.3 Å². The number of ketones is 1. The maximum absolute atomic E-state index is 13.6. The Hall–Kier alpha value is -2.35. The van der Waals surface area contributed by atoms with Gasteiger partial charge < -0.3 is 14.5 Å². The average molecular weight is 496 g/mol. The van der Waals surface area contributed by atoms with Crippen molar-refractivity contribution in [1.82, 2.24) is 10.2 Å². The van der Waals surface area contributed by atoms with Crippen molar-refractivity contribution in [2.24, 2.45) is 0 Å². The van der Waals surface area contributed by atoms with E-state index in [1.165, 1.54) is 50.8 Å². The van der Waals surface area contributed by atoms with Crippen molar-refractivity contribution in [3.63, 3.8) is 0 Å². The number of rotatable bonds is 10. The van der Waals surface area contributed by atoms with Crippen molar-refractivity contribution < 1.29 is 14.3 Å². The summed E-state index contributed by atoms with van der Waals surface area (Å²) in [5, 5.41) is 3.26. The highest BCUT2D eigenvalue weighted by molar-refractivity contribution is 8.01. The highest BCUT2D eigenvalue weighted by atomic mass is 32.2. The fraction of sp³-hybridized carbons (Fsp3) is 0.500. The molecular weight excluding hydrogens is 458 g/mol. The Kier molecular flexibility index (Phi) is 8.52. The number of thioether (sulfide) groups is 1. The highest BCUT2D eigenvalue weighted by Gasteiger charge is 2.47. The van der Waals surface area contributed by atoms with Crippen LogP contribution in [0.5, 0.6) is 5.75 Å². The van der Waals surface area contributed by atoms with Gasteiger partial charge in [0.25, 0.3) is 5.91 Å². The number of amides is 1. The lowest BCUT2D eigenvalue weighted by Gasteiger charge is -2.41. The molecule has 1 fully saturated rings. The molecule has 6 nitrogen and oxygen atoms in total. The number of hydrogen-bond donors (Lipinski definition) is 1. The van der Waals surface area contributed by atoms with Gasteiger partial charge in [-0.2, -0.15) is 0 Å². The van der Waals surface area contributed by atoms with Crippen LogP contribution < -0.4 is 15.0 Å². The van der Waals surface area contributed by atoms with Gasteiger partial charge in [0, 0.05) is 24.5 Å². The molecule has 2 aromatic rings. The maximum Gasteiger partial charge on any atom is 0.262 e. The maximum atomic E-state index is 13.6. The van der Waals surface area contributed by atoms with Gasteiger partial charge in [-0.05, 0) is 63.1 Å². The Bertz CT molecular complexity index is 1020. The van der Waals surface area contributed by atoms with Crippen molar-refractivity contribution >= 4 is 29.1 Å². The Morgan fingerprint density at radius 3 is 2.57 bits per heavy atom. The van der Waals surface area contributed by atoms with Crippen molar-refractivity contribution in [1.29, 1.82) is 0 Å². The molecule has 188 valence electrons. The van der Waals surface area contributed by atoms with Gasteiger partial charge in [0.15, 0.2) is 4.87 Å². The Morgan fingerprint density at radius 1 is 1.14 bits per heavy atom. The van der Waals surface area contributed by atoms with Gasteiger partial charge in [-0.3, -0.25) is 14.9 Å². The summed E-state index contributed by atoms with van der Waals surface area (Å²) in [4.78, 5) is 29.5. The average Bonchev–Trinajstić information content (AvgIpc) is 2.88. The number of carbonyl (C=O) groups excluding carboxylic acids is 2.